The van der Waals surface area contributed by atoms with Crippen LogP contribution in [-0.4, -0.2) is 12.0 Å². The molecule has 1 atom stereocenters. The molecule has 0 saturated heterocycles. The van der Waals surface area contributed by atoms with Gasteiger partial charge in [-0.2, -0.15) is 0 Å². The topological polar surface area (TPSA) is 24.9 Å². The average molecular weight is 281 g/mol. The molecule has 0 bridgehead atoms. The van der Waals surface area contributed by atoms with E-state index in [1.54, 1.807) is 12.4 Å². The van der Waals surface area contributed by atoms with Crippen LogP contribution in [0.3, 0.4) is 0 Å². The van der Waals surface area contributed by atoms with Gasteiger partial charge < -0.3 is 5.32 Å². The minimum Gasteiger partial charge on any atom is -0.313 e. The van der Waals surface area contributed by atoms with Gasteiger partial charge in [0.1, 0.15) is 0 Å². The summed E-state index contributed by atoms with van der Waals surface area (Å²) >= 11 is 12.4. The summed E-state index contributed by atoms with van der Waals surface area (Å²) < 4.78 is 0. The number of rotatable bonds is 4. The molecule has 1 aromatic carbocycles. The van der Waals surface area contributed by atoms with E-state index >= 15 is 0 Å². The van der Waals surface area contributed by atoms with Gasteiger partial charge in [-0.25, -0.2) is 0 Å². The van der Waals surface area contributed by atoms with E-state index in [0.717, 1.165) is 12.0 Å². The quantitative estimate of drug-likeness (QED) is 0.919. The second-order valence-corrected chi connectivity index (χ2v) is 4.84. The number of nitrogens with zero attached hydrogens (tertiary/aromatic N) is 1. The van der Waals surface area contributed by atoms with Gasteiger partial charge in [0.25, 0.3) is 0 Å². The highest BCUT2D eigenvalue weighted by Crippen LogP contribution is 2.29. The van der Waals surface area contributed by atoms with Gasteiger partial charge in [0.15, 0.2) is 0 Å². The molecule has 0 spiro atoms. The number of halogens is 2. The van der Waals surface area contributed by atoms with Crippen LogP contribution < -0.4 is 5.32 Å². The Labute approximate surface area is 117 Å². The van der Waals surface area contributed by atoms with Crippen molar-refractivity contribution < 1.29 is 0 Å². The van der Waals surface area contributed by atoms with Crippen LogP contribution in [0.25, 0.3) is 0 Å². The van der Waals surface area contributed by atoms with Crippen LogP contribution in [0.4, 0.5) is 0 Å². The van der Waals surface area contributed by atoms with Gasteiger partial charge in [0.2, 0.25) is 0 Å². The molecule has 2 rings (SSSR count). The number of aromatic nitrogens is 1. The Morgan fingerprint density at radius 1 is 1.11 bits per heavy atom. The lowest BCUT2D eigenvalue weighted by Gasteiger charge is -2.18. The molecule has 0 saturated carbocycles. The zero-order chi connectivity index (χ0) is 13.0. The number of hydrogen-bond donors (Lipinski definition) is 1. The molecule has 0 amide bonds. The first-order valence-electron chi connectivity index (χ1n) is 5.72. The third kappa shape index (κ3) is 3.02. The fraction of sp³-hybridized carbons (Fsp3) is 0.214. The number of hydrogen-bond acceptors (Lipinski definition) is 2. The highest BCUT2D eigenvalue weighted by atomic mass is 35.5. The Morgan fingerprint density at radius 2 is 1.72 bits per heavy atom. The van der Waals surface area contributed by atoms with Gasteiger partial charge >= 0.3 is 0 Å². The first kappa shape index (κ1) is 13.3. The van der Waals surface area contributed by atoms with Crippen molar-refractivity contribution in [2.45, 2.75) is 12.5 Å². The smallest absolute Gasteiger partial charge is 0.0453 e. The van der Waals surface area contributed by atoms with Gasteiger partial charge in [-0.1, -0.05) is 29.3 Å². The van der Waals surface area contributed by atoms with Gasteiger partial charge in [-0.3, -0.25) is 4.98 Å². The van der Waals surface area contributed by atoms with E-state index in [2.05, 4.69) is 10.3 Å². The minimum atomic E-state index is 0.172. The SMILES string of the molecule is CNC(Cc1c(Cl)cccc1Cl)c1ccncc1. The van der Waals surface area contributed by atoms with Crippen LogP contribution in [-0.2, 0) is 6.42 Å². The first-order valence-corrected chi connectivity index (χ1v) is 6.48. The van der Waals surface area contributed by atoms with E-state index in [-0.39, 0.29) is 6.04 Å². The van der Waals surface area contributed by atoms with Crippen LogP contribution in [0.15, 0.2) is 42.7 Å². The number of pyridine rings is 1. The molecule has 1 heterocycles. The van der Waals surface area contributed by atoms with Crippen molar-refractivity contribution in [1.29, 1.82) is 0 Å². The lowest BCUT2D eigenvalue weighted by atomic mass is 10.00. The Bertz CT molecular complexity index is 494. The Balaban J connectivity index is 2.26. The van der Waals surface area contributed by atoms with E-state index in [4.69, 9.17) is 23.2 Å². The maximum atomic E-state index is 6.19. The molecular weight excluding hydrogens is 267 g/mol. The molecule has 0 aliphatic rings. The van der Waals surface area contributed by atoms with Crippen LogP contribution in [0.1, 0.15) is 17.2 Å². The largest absolute Gasteiger partial charge is 0.313 e. The molecule has 0 aliphatic heterocycles. The van der Waals surface area contributed by atoms with E-state index in [9.17, 15) is 0 Å². The summed E-state index contributed by atoms with van der Waals surface area (Å²) in [6, 6.07) is 9.74. The summed E-state index contributed by atoms with van der Waals surface area (Å²) in [6.45, 7) is 0. The molecule has 94 valence electrons. The van der Waals surface area contributed by atoms with E-state index < -0.39 is 0 Å². The van der Waals surface area contributed by atoms with Gasteiger partial charge in [0, 0.05) is 28.5 Å². The lowest BCUT2D eigenvalue weighted by molar-refractivity contribution is 0.591. The average Bonchev–Trinajstić information content (AvgIpc) is 2.40. The maximum absolute atomic E-state index is 6.19. The molecule has 0 aliphatic carbocycles. The highest BCUT2D eigenvalue weighted by Gasteiger charge is 2.14. The summed E-state index contributed by atoms with van der Waals surface area (Å²) in [4.78, 5) is 4.02. The predicted molar refractivity (Wildman–Crippen MR) is 76.2 cm³/mol. The molecule has 0 radical (unpaired) electrons. The molecule has 2 nitrogen and oxygen atoms in total. The fourth-order valence-corrected chi connectivity index (χ4v) is 2.47. The Morgan fingerprint density at radius 3 is 2.28 bits per heavy atom. The van der Waals surface area contributed by atoms with Crippen LogP contribution >= 0.6 is 23.2 Å². The molecule has 1 aromatic heterocycles. The van der Waals surface area contributed by atoms with E-state index in [1.807, 2.05) is 37.4 Å². The molecule has 4 heteroatoms. The number of likely N-dealkylation sites (N-methyl/N-ethyl adjacent to an activating group) is 1. The third-order valence-corrected chi connectivity index (χ3v) is 3.64. The molecule has 1 N–H and O–H groups in total. The summed E-state index contributed by atoms with van der Waals surface area (Å²) in [5.74, 6) is 0. The van der Waals surface area contributed by atoms with Crippen molar-refractivity contribution >= 4 is 23.2 Å². The van der Waals surface area contributed by atoms with Crippen molar-refractivity contribution in [1.82, 2.24) is 10.3 Å². The minimum absolute atomic E-state index is 0.172. The van der Waals surface area contributed by atoms with Crippen molar-refractivity contribution in [2.75, 3.05) is 7.05 Å². The summed E-state index contributed by atoms with van der Waals surface area (Å²) in [7, 11) is 1.93. The third-order valence-electron chi connectivity index (χ3n) is 2.93. The normalized spacial score (nSPS) is 12.4. The van der Waals surface area contributed by atoms with E-state index in [1.165, 1.54) is 5.56 Å². The summed E-state index contributed by atoms with van der Waals surface area (Å²) in [6.07, 6.45) is 4.32. The lowest BCUT2D eigenvalue weighted by Crippen LogP contribution is -2.19. The standard InChI is InChI=1S/C14H14Cl2N2/c1-17-14(10-5-7-18-8-6-10)9-11-12(15)3-2-4-13(11)16/h2-8,14,17H,9H2,1H3. The van der Waals surface area contributed by atoms with Gasteiger partial charge in [-0.05, 0) is 48.9 Å². The van der Waals surface area contributed by atoms with Crippen molar-refractivity contribution in [2.24, 2.45) is 0 Å². The number of benzene rings is 1. The predicted octanol–water partition coefficient (Wildman–Crippen LogP) is 3.89. The molecule has 0 fully saturated rings. The zero-order valence-corrected chi connectivity index (χ0v) is 11.5. The monoisotopic (exact) mass is 280 g/mol. The summed E-state index contributed by atoms with van der Waals surface area (Å²) in [5.41, 5.74) is 2.14. The van der Waals surface area contributed by atoms with Crippen molar-refractivity contribution in [3.63, 3.8) is 0 Å². The molecule has 2 aromatic rings. The highest BCUT2D eigenvalue weighted by molar-refractivity contribution is 6.36. The summed E-state index contributed by atoms with van der Waals surface area (Å²) in [5, 5.41) is 4.69. The zero-order valence-electron chi connectivity index (χ0n) is 10.0. The molecule has 18 heavy (non-hydrogen) atoms. The van der Waals surface area contributed by atoms with E-state index in [0.29, 0.717) is 10.0 Å². The van der Waals surface area contributed by atoms with Gasteiger partial charge in [0.05, 0.1) is 0 Å². The second-order valence-electron chi connectivity index (χ2n) is 4.03. The Kier molecular flexibility index (Phi) is 4.59. The van der Waals surface area contributed by atoms with Crippen LogP contribution in [0, 0.1) is 0 Å². The molecular formula is C14H14Cl2N2. The van der Waals surface area contributed by atoms with Crippen LogP contribution in [0.5, 0.6) is 0 Å². The number of nitrogens with one attached hydrogen (secondary N) is 1. The maximum Gasteiger partial charge on any atom is 0.0453 e. The van der Waals surface area contributed by atoms with Crippen molar-refractivity contribution in [3.8, 4) is 0 Å². The Hall–Kier alpha value is -1.09. The van der Waals surface area contributed by atoms with Crippen molar-refractivity contribution in [3.05, 3.63) is 63.9 Å². The second kappa shape index (κ2) is 6.19. The van der Waals surface area contributed by atoms with Crippen LogP contribution in [0.2, 0.25) is 10.0 Å². The van der Waals surface area contributed by atoms with Gasteiger partial charge in [-0.15, -0.1) is 0 Å². The molecule has 1 unspecified atom stereocenters. The fourth-order valence-electron chi connectivity index (χ4n) is 1.91. The first-order chi connectivity index (χ1) is 8.72.